The molecule has 0 radical (unpaired) electrons. The summed E-state index contributed by atoms with van der Waals surface area (Å²) < 4.78 is 0. The summed E-state index contributed by atoms with van der Waals surface area (Å²) in [6.07, 6.45) is 0.394. The molecule has 0 spiro atoms. The van der Waals surface area contributed by atoms with E-state index in [0.717, 1.165) is 11.1 Å². The molecule has 0 aliphatic rings. The molecule has 2 rings (SSSR count). The number of rotatable bonds is 6. The summed E-state index contributed by atoms with van der Waals surface area (Å²) in [5.41, 5.74) is 10.6. The quantitative estimate of drug-likeness (QED) is 0.492. The van der Waals surface area contributed by atoms with Crippen LogP contribution in [0.5, 0.6) is 0 Å². The molecular weight excluding hydrogens is 264 g/mol. The number of azide groups is 1. The van der Waals surface area contributed by atoms with Crippen LogP contribution in [0.15, 0.2) is 65.8 Å². The van der Waals surface area contributed by atoms with Gasteiger partial charge in [0.25, 0.3) is 0 Å². The topological polar surface area (TPSA) is 77.9 Å². The third kappa shape index (κ3) is 4.67. The largest absolute Gasteiger partial charge is 0.352 e. The van der Waals surface area contributed by atoms with Crippen molar-refractivity contribution >= 4 is 5.91 Å². The van der Waals surface area contributed by atoms with Gasteiger partial charge in [0.2, 0.25) is 5.91 Å². The average molecular weight is 280 g/mol. The van der Waals surface area contributed by atoms with Crippen molar-refractivity contribution < 1.29 is 4.79 Å². The van der Waals surface area contributed by atoms with Crippen LogP contribution in [0.1, 0.15) is 11.1 Å². The fourth-order valence-electron chi connectivity index (χ4n) is 1.99. The van der Waals surface area contributed by atoms with Crippen molar-refractivity contribution in [2.24, 2.45) is 5.11 Å². The first-order valence-corrected chi connectivity index (χ1v) is 6.69. The van der Waals surface area contributed by atoms with Gasteiger partial charge in [-0.05, 0) is 23.1 Å². The standard InChI is InChI=1S/C16H16N4O/c17-20-19-15(11-13-7-3-1-4-8-13)16(21)18-12-14-9-5-2-6-10-14/h1-10,15H,11-12H2,(H,18,21). The van der Waals surface area contributed by atoms with Gasteiger partial charge in [0, 0.05) is 11.5 Å². The summed E-state index contributed by atoms with van der Waals surface area (Å²) in [6, 6.07) is 18.4. The number of hydrogen-bond donors (Lipinski definition) is 1. The predicted molar refractivity (Wildman–Crippen MR) is 81.4 cm³/mol. The minimum absolute atomic E-state index is 0.263. The molecule has 1 unspecified atom stereocenters. The molecule has 2 aromatic rings. The van der Waals surface area contributed by atoms with E-state index in [1.165, 1.54) is 0 Å². The third-order valence-electron chi connectivity index (χ3n) is 3.08. The molecule has 0 fully saturated rings. The molecule has 5 nitrogen and oxygen atoms in total. The van der Waals surface area contributed by atoms with Crippen molar-refractivity contribution in [3.05, 3.63) is 82.2 Å². The van der Waals surface area contributed by atoms with Gasteiger partial charge in [-0.3, -0.25) is 4.79 Å². The van der Waals surface area contributed by atoms with E-state index in [-0.39, 0.29) is 5.91 Å². The van der Waals surface area contributed by atoms with Crippen LogP contribution in [0.2, 0.25) is 0 Å². The van der Waals surface area contributed by atoms with Gasteiger partial charge in [0.1, 0.15) is 6.04 Å². The number of carbonyl (C=O) groups is 1. The van der Waals surface area contributed by atoms with Crippen molar-refractivity contribution in [3.63, 3.8) is 0 Å². The molecule has 1 N–H and O–H groups in total. The first-order valence-electron chi connectivity index (χ1n) is 6.69. The lowest BCUT2D eigenvalue weighted by Gasteiger charge is -2.12. The highest BCUT2D eigenvalue weighted by Gasteiger charge is 2.16. The van der Waals surface area contributed by atoms with Crippen LogP contribution in [0.25, 0.3) is 10.4 Å². The lowest BCUT2D eigenvalue weighted by molar-refractivity contribution is -0.122. The van der Waals surface area contributed by atoms with E-state index < -0.39 is 6.04 Å². The number of nitrogens with zero attached hydrogens (tertiary/aromatic N) is 3. The number of carbonyl (C=O) groups excluding carboxylic acids is 1. The second kappa shape index (κ2) is 7.72. The molecular formula is C16H16N4O. The van der Waals surface area contributed by atoms with Gasteiger partial charge >= 0.3 is 0 Å². The van der Waals surface area contributed by atoms with Crippen LogP contribution in [0, 0.1) is 0 Å². The Kier molecular flexibility index (Phi) is 5.38. The first-order chi connectivity index (χ1) is 10.3. The van der Waals surface area contributed by atoms with E-state index in [9.17, 15) is 4.79 Å². The number of hydrogen-bond acceptors (Lipinski definition) is 2. The number of amides is 1. The second-order valence-electron chi connectivity index (χ2n) is 4.61. The first kappa shape index (κ1) is 14.6. The zero-order valence-corrected chi connectivity index (χ0v) is 11.5. The van der Waals surface area contributed by atoms with Gasteiger partial charge in [-0.25, -0.2) is 0 Å². The van der Waals surface area contributed by atoms with Crippen LogP contribution >= 0.6 is 0 Å². The molecule has 2 aromatic carbocycles. The van der Waals surface area contributed by atoms with Gasteiger partial charge in [-0.1, -0.05) is 65.8 Å². The van der Waals surface area contributed by atoms with Crippen LogP contribution in [0.4, 0.5) is 0 Å². The van der Waals surface area contributed by atoms with Crippen molar-refractivity contribution in [3.8, 4) is 0 Å². The molecule has 0 heterocycles. The molecule has 0 saturated carbocycles. The molecule has 0 aliphatic carbocycles. The molecule has 1 atom stereocenters. The highest BCUT2D eigenvalue weighted by molar-refractivity contribution is 5.82. The molecule has 0 bridgehead atoms. The van der Waals surface area contributed by atoms with Crippen LogP contribution in [-0.2, 0) is 17.8 Å². The maximum absolute atomic E-state index is 12.1. The Bertz CT molecular complexity index is 621. The summed E-state index contributed by atoms with van der Waals surface area (Å²) in [5.74, 6) is -0.263. The highest BCUT2D eigenvalue weighted by Crippen LogP contribution is 2.07. The third-order valence-corrected chi connectivity index (χ3v) is 3.08. The Morgan fingerprint density at radius 2 is 1.62 bits per heavy atom. The van der Waals surface area contributed by atoms with E-state index in [4.69, 9.17) is 5.53 Å². The Labute approximate surface area is 123 Å². The SMILES string of the molecule is [N-]=[N+]=NC(Cc1ccccc1)C(=O)NCc1ccccc1. The van der Waals surface area contributed by atoms with E-state index in [0.29, 0.717) is 13.0 Å². The molecule has 106 valence electrons. The minimum Gasteiger partial charge on any atom is -0.352 e. The number of benzene rings is 2. The minimum atomic E-state index is -0.735. The second-order valence-corrected chi connectivity index (χ2v) is 4.61. The van der Waals surface area contributed by atoms with Gasteiger partial charge in [-0.15, -0.1) is 0 Å². The summed E-state index contributed by atoms with van der Waals surface area (Å²) in [6.45, 7) is 0.423. The van der Waals surface area contributed by atoms with Gasteiger partial charge in [0.05, 0.1) is 0 Å². The highest BCUT2D eigenvalue weighted by atomic mass is 16.2. The summed E-state index contributed by atoms with van der Waals surface area (Å²) in [7, 11) is 0. The maximum atomic E-state index is 12.1. The Morgan fingerprint density at radius 3 is 2.19 bits per heavy atom. The summed E-state index contributed by atoms with van der Waals surface area (Å²) in [4.78, 5) is 14.9. The van der Waals surface area contributed by atoms with Gasteiger partial charge < -0.3 is 5.32 Å². The molecule has 21 heavy (non-hydrogen) atoms. The van der Waals surface area contributed by atoms with Crippen molar-refractivity contribution in [2.45, 2.75) is 19.0 Å². The van der Waals surface area contributed by atoms with Crippen molar-refractivity contribution in [2.75, 3.05) is 0 Å². The maximum Gasteiger partial charge on any atom is 0.229 e. The molecule has 0 aromatic heterocycles. The van der Waals surface area contributed by atoms with Crippen LogP contribution < -0.4 is 5.32 Å². The van der Waals surface area contributed by atoms with E-state index in [1.54, 1.807) is 0 Å². The zero-order valence-electron chi connectivity index (χ0n) is 11.5. The average Bonchev–Trinajstić information content (AvgIpc) is 2.54. The van der Waals surface area contributed by atoms with E-state index >= 15 is 0 Å². The monoisotopic (exact) mass is 280 g/mol. The fraction of sp³-hybridized carbons (Fsp3) is 0.188. The lowest BCUT2D eigenvalue weighted by atomic mass is 10.1. The lowest BCUT2D eigenvalue weighted by Crippen LogP contribution is -2.34. The van der Waals surface area contributed by atoms with Gasteiger partial charge in [-0.2, -0.15) is 0 Å². The summed E-state index contributed by atoms with van der Waals surface area (Å²) in [5, 5.41) is 6.40. The van der Waals surface area contributed by atoms with Crippen LogP contribution in [-0.4, -0.2) is 11.9 Å². The Morgan fingerprint density at radius 1 is 1.05 bits per heavy atom. The van der Waals surface area contributed by atoms with Crippen molar-refractivity contribution in [1.82, 2.24) is 5.32 Å². The normalized spacial score (nSPS) is 11.2. The smallest absolute Gasteiger partial charge is 0.229 e. The van der Waals surface area contributed by atoms with Gasteiger partial charge in [0.15, 0.2) is 0 Å². The molecule has 0 aliphatic heterocycles. The predicted octanol–water partition coefficient (Wildman–Crippen LogP) is 3.22. The summed E-state index contributed by atoms with van der Waals surface area (Å²) >= 11 is 0. The molecule has 1 amide bonds. The number of nitrogens with one attached hydrogen (secondary N) is 1. The van der Waals surface area contributed by atoms with E-state index in [1.807, 2.05) is 60.7 Å². The fourth-order valence-corrected chi connectivity index (χ4v) is 1.99. The zero-order chi connectivity index (χ0) is 14.9. The van der Waals surface area contributed by atoms with E-state index in [2.05, 4.69) is 15.3 Å². The Balaban J connectivity index is 1.97. The molecule has 0 saturated heterocycles. The van der Waals surface area contributed by atoms with Crippen LogP contribution in [0.3, 0.4) is 0 Å². The molecule has 5 heteroatoms. The Hall–Kier alpha value is -2.78. The van der Waals surface area contributed by atoms with Crippen molar-refractivity contribution in [1.29, 1.82) is 0 Å².